The molecule has 0 radical (unpaired) electrons. The zero-order valence-electron chi connectivity index (χ0n) is 17.4. The van der Waals surface area contributed by atoms with Crippen molar-refractivity contribution in [2.24, 2.45) is 5.92 Å². The van der Waals surface area contributed by atoms with Crippen LogP contribution in [-0.2, 0) is 20.7 Å². The van der Waals surface area contributed by atoms with E-state index in [1.165, 1.54) is 5.56 Å². The van der Waals surface area contributed by atoms with Gasteiger partial charge >= 0.3 is 5.97 Å². The number of halogens is 2. The molecule has 1 atom stereocenters. The summed E-state index contributed by atoms with van der Waals surface area (Å²) in [7, 11) is 0. The minimum Gasteiger partial charge on any atom is -0.459 e. The van der Waals surface area contributed by atoms with Crippen LogP contribution in [0.25, 0.3) is 0 Å². The second-order valence-electron chi connectivity index (χ2n) is 8.78. The van der Waals surface area contributed by atoms with Gasteiger partial charge in [-0.15, -0.1) is 0 Å². The first kappa shape index (κ1) is 22.3. The van der Waals surface area contributed by atoms with E-state index in [9.17, 15) is 18.4 Å². The molecular weight excluding hydrogens is 362 g/mol. The molecule has 0 N–H and O–H groups in total. The van der Waals surface area contributed by atoms with Crippen LogP contribution >= 0.6 is 0 Å². The molecule has 2 rings (SSSR count). The molecule has 0 fully saturated rings. The molecule has 0 spiro atoms. The molecule has 1 unspecified atom stereocenters. The van der Waals surface area contributed by atoms with Crippen molar-refractivity contribution in [2.75, 3.05) is 0 Å². The Balaban J connectivity index is 2.15. The van der Waals surface area contributed by atoms with E-state index in [-0.39, 0.29) is 18.6 Å². The molecule has 1 aromatic rings. The zero-order valence-corrected chi connectivity index (χ0v) is 17.4. The molecular formula is C23H30F2O3. The monoisotopic (exact) mass is 392 g/mol. The highest BCUT2D eigenvalue weighted by atomic mass is 19.3. The summed E-state index contributed by atoms with van der Waals surface area (Å²) in [6, 6.07) is 7.77. The minimum atomic E-state index is -2.95. The Morgan fingerprint density at radius 3 is 2.39 bits per heavy atom. The molecule has 0 bridgehead atoms. The van der Waals surface area contributed by atoms with Crippen LogP contribution in [0.3, 0.4) is 0 Å². The lowest BCUT2D eigenvalue weighted by molar-refractivity contribution is -0.160. The fourth-order valence-corrected chi connectivity index (χ4v) is 3.37. The first-order chi connectivity index (χ1) is 12.9. The fraction of sp³-hybridized carbons (Fsp3) is 0.565. The Bertz CT molecular complexity index is 740. The molecule has 1 heterocycles. The van der Waals surface area contributed by atoms with Crippen molar-refractivity contribution in [3.05, 3.63) is 47.0 Å². The molecule has 0 saturated heterocycles. The Hall–Kier alpha value is -2.04. The molecule has 1 aromatic carbocycles. The van der Waals surface area contributed by atoms with Gasteiger partial charge < -0.3 is 4.74 Å². The van der Waals surface area contributed by atoms with E-state index in [0.29, 0.717) is 17.9 Å². The standard InChI is InChI=1S/C23H30F2O3/c1-15(2)17-8-6-16(7-9-17)12-19(26)13-20-18(14-23(5,24)25)10-11-22(3,4)28-21(20)27/h6-10,15,20H,11-14H2,1-5H3. The smallest absolute Gasteiger partial charge is 0.314 e. The number of alkyl halides is 2. The van der Waals surface area contributed by atoms with Crippen LogP contribution in [0.2, 0.25) is 0 Å². The summed E-state index contributed by atoms with van der Waals surface area (Å²) in [6.45, 7) is 8.49. The Morgan fingerprint density at radius 2 is 1.86 bits per heavy atom. The summed E-state index contributed by atoms with van der Waals surface area (Å²) in [5.41, 5.74) is 1.56. The first-order valence-electron chi connectivity index (χ1n) is 9.76. The van der Waals surface area contributed by atoms with E-state index >= 15 is 0 Å². The molecule has 154 valence electrons. The normalized spacial score (nSPS) is 19.8. The van der Waals surface area contributed by atoms with E-state index in [4.69, 9.17) is 4.74 Å². The van der Waals surface area contributed by atoms with Crippen molar-refractivity contribution in [1.29, 1.82) is 0 Å². The largest absolute Gasteiger partial charge is 0.459 e. The molecule has 0 amide bonds. The van der Waals surface area contributed by atoms with Gasteiger partial charge in [-0.25, -0.2) is 8.78 Å². The van der Waals surface area contributed by atoms with Crippen LogP contribution < -0.4 is 0 Å². The number of cyclic esters (lactones) is 1. The van der Waals surface area contributed by atoms with Crippen molar-refractivity contribution in [3.8, 4) is 0 Å². The third kappa shape index (κ3) is 6.54. The van der Waals surface area contributed by atoms with Crippen LogP contribution in [-0.4, -0.2) is 23.3 Å². The quantitative estimate of drug-likeness (QED) is 0.446. The number of hydrogen-bond acceptors (Lipinski definition) is 3. The van der Waals surface area contributed by atoms with Gasteiger partial charge in [0, 0.05) is 25.7 Å². The van der Waals surface area contributed by atoms with Gasteiger partial charge in [0.15, 0.2) is 0 Å². The number of rotatable bonds is 7. The summed E-state index contributed by atoms with van der Waals surface area (Å²) in [6.07, 6.45) is 1.51. The maximum Gasteiger partial charge on any atom is 0.314 e. The highest BCUT2D eigenvalue weighted by molar-refractivity contribution is 5.88. The summed E-state index contributed by atoms with van der Waals surface area (Å²) < 4.78 is 32.7. The van der Waals surface area contributed by atoms with Gasteiger partial charge in [0.05, 0.1) is 5.92 Å². The first-order valence-corrected chi connectivity index (χ1v) is 9.76. The number of benzene rings is 1. The van der Waals surface area contributed by atoms with Crippen LogP contribution in [0.15, 0.2) is 35.9 Å². The molecule has 1 aliphatic heterocycles. The number of hydrogen-bond donors (Lipinski definition) is 0. The van der Waals surface area contributed by atoms with E-state index in [1.807, 2.05) is 24.3 Å². The van der Waals surface area contributed by atoms with Gasteiger partial charge in [0.2, 0.25) is 5.92 Å². The summed E-state index contributed by atoms with van der Waals surface area (Å²) in [5, 5.41) is 0. The number of carbonyl (C=O) groups is 2. The highest BCUT2D eigenvalue weighted by Crippen LogP contribution is 2.35. The van der Waals surface area contributed by atoms with Gasteiger partial charge in [-0.05, 0) is 37.8 Å². The molecule has 0 saturated carbocycles. The molecule has 5 heteroatoms. The van der Waals surface area contributed by atoms with Crippen LogP contribution in [0, 0.1) is 5.92 Å². The maximum absolute atomic E-state index is 13.6. The Morgan fingerprint density at radius 1 is 1.25 bits per heavy atom. The van der Waals surface area contributed by atoms with E-state index in [0.717, 1.165) is 12.5 Å². The average Bonchev–Trinajstić information content (AvgIpc) is 2.64. The lowest BCUT2D eigenvalue weighted by atomic mass is 9.87. The summed E-state index contributed by atoms with van der Waals surface area (Å²) in [5.74, 6) is -4.26. The number of ketones is 1. The molecule has 1 aliphatic rings. The van der Waals surface area contributed by atoms with Crippen LogP contribution in [0.4, 0.5) is 8.78 Å². The van der Waals surface area contributed by atoms with E-state index in [2.05, 4.69) is 13.8 Å². The predicted molar refractivity (Wildman–Crippen MR) is 105 cm³/mol. The predicted octanol–water partition coefficient (Wildman–Crippen LogP) is 5.63. The highest BCUT2D eigenvalue weighted by Gasteiger charge is 2.37. The van der Waals surface area contributed by atoms with Crippen molar-refractivity contribution in [1.82, 2.24) is 0 Å². The molecule has 0 aromatic heterocycles. The Kier molecular flexibility index (Phi) is 6.79. The lowest BCUT2D eigenvalue weighted by Crippen LogP contribution is -2.31. The van der Waals surface area contributed by atoms with Gasteiger partial charge in [-0.1, -0.05) is 49.8 Å². The number of Topliss-reactive ketones (excluding diaryl/α,β-unsaturated/α-hetero) is 1. The van der Waals surface area contributed by atoms with Crippen LogP contribution in [0.1, 0.15) is 70.9 Å². The van der Waals surface area contributed by atoms with Gasteiger partial charge in [0.1, 0.15) is 11.4 Å². The molecule has 28 heavy (non-hydrogen) atoms. The van der Waals surface area contributed by atoms with Crippen molar-refractivity contribution < 1.29 is 23.1 Å². The van der Waals surface area contributed by atoms with Gasteiger partial charge in [0.25, 0.3) is 0 Å². The lowest BCUT2D eigenvalue weighted by Gasteiger charge is -2.24. The van der Waals surface area contributed by atoms with Crippen molar-refractivity contribution >= 4 is 11.8 Å². The number of esters is 1. The average molecular weight is 392 g/mol. The second kappa shape index (κ2) is 8.54. The van der Waals surface area contributed by atoms with E-state index in [1.54, 1.807) is 19.9 Å². The van der Waals surface area contributed by atoms with Crippen molar-refractivity contribution in [2.45, 2.75) is 77.7 Å². The Labute approximate surface area is 166 Å². The number of carbonyl (C=O) groups excluding carboxylic acids is 2. The third-order valence-electron chi connectivity index (χ3n) is 4.96. The fourth-order valence-electron chi connectivity index (χ4n) is 3.37. The SMILES string of the molecule is CC(C)c1ccc(CC(=O)CC2C(=O)OC(C)(C)CC=C2CC(C)(F)F)cc1. The minimum absolute atomic E-state index is 0.122. The molecule has 0 aliphatic carbocycles. The number of ether oxygens (including phenoxy) is 1. The summed E-state index contributed by atoms with van der Waals surface area (Å²) in [4.78, 5) is 25.2. The second-order valence-corrected chi connectivity index (χ2v) is 8.78. The van der Waals surface area contributed by atoms with Crippen LogP contribution in [0.5, 0.6) is 0 Å². The van der Waals surface area contributed by atoms with Crippen molar-refractivity contribution in [3.63, 3.8) is 0 Å². The van der Waals surface area contributed by atoms with Gasteiger partial charge in [-0.2, -0.15) is 0 Å². The maximum atomic E-state index is 13.6. The zero-order chi connectivity index (χ0) is 21.1. The van der Waals surface area contributed by atoms with E-state index < -0.39 is 29.8 Å². The summed E-state index contributed by atoms with van der Waals surface area (Å²) >= 11 is 0. The topological polar surface area (TPSA) is 43.4 Å². The van der Waals surface area contributed by atoms with Gasteiger partial charge in [-0.3, -0.25) is 9.59 Å². The third-order valence-corrected chi connectivity index (χ3v) is 4.96. The molecule has 3 nitrogen and oxygen atoms in total.